The number of carbonyl (C=O) groups excluding carboxylic acids is 1. The van der Waals surface area contributed by atoms with Gasteiger partial charge in [-0.15, -0.1) is 0 Å². The van der Waals surface area contributed by atoms with E-state index in [-0.39, 0.29) is 12.5 Å². The third kappa shape index (κ3) is 4.95. The van der Waals surface area contributed by atoms with Gasteiger partial charge in [0.25, 0.3) is 5.91 Å². The van der Waals surface area contributed by atoms with Crippen LogP contribution in [-0.2, 0) is 16.1 Å². The SMILES string of the molecule is CCc1ccc(/C=N\OCC(=O)Nc2c(C)cc(C)cc2C)cc1. The van der Waals surface area contributed by atoms with Crippen molar-refractivity contribution in [1.82, 2.24) is 0 Å². The van der Waals surface area contributed by atoms with Crippen LogP contribution in [0.3, 0.4) is 0 Å². The Kier molecular flexibility index (Phi) is 6.13. The van der Waals surface area contributed by atoms with E-state index in [4.69, 9.17) is 4.84 Å². The average Bonchev–Trinajstić information content (AvgIpc) is 2.55. The van der Waals surface area contributed by atoms with Crippen LogP contribution in [-0.4, -0.2) is 18.7 Å². The first kappa shape index (κ1) is 17.7. The molecule has 0 fully saturated rings. The van der Waals surface area contributed by atoms with E-state index in [1.54, 1.807) is 6.21 Å². The van der Waals surface area contributed by atoms with Crippen molar-refractivity contribution in [2.24, 2.45) is 5.16 Å². The summed E-state index contributed by atoms with van der Waals surface area (Å²) < 4.78 is 0. The number of hydrogen-bond donors (Lipinski definition) is 1. The zero-order chi connectivity index (χ0) is 17.5. The van der Waals surface area contributed by atoms with E-state index in [9.17, 15) is 4.79 Å². The second-order valence-corrected chi connectivity index (χ2v) is 5.92. The van der Waals surface area contributed by atoms with Gasteiger partial charge >= 0.3 is 0 Å². The minimum Gasteiger partial charge on any atom is -0.386 e. The Hall–Kier alpha value is -2.62. The summed E-state index contributed by atoms with van der Waals surface area (Å²) >= 11 is 0. The molecule has 1 N–H and O–H groups in total. The molecule has 0 saturated heterocycles. The van der Waals surface area contributed by atoms with Crippen molar-refractivity contribution in [1.29, 1.82) is 0 Å². The molecular formula is C20H24N2O2. The molecule has 0 atom stereocenters. The second kappa shape index (κ2) is 8.29. The highest BCUT2D eigenvalue weighted by molar-refractivity contribution is 5.93. The summed E-state index contributed by atoms with van der Waals surface area (Å²) in [7, 11) is 0. The summed E-state index contributed by atoms with van der Waals surface area (Å²) in [6.07, 6.45) is 2.61. The highest BCUT2D eigenvalue weighted by Crippen LogP contribution is 2.21. The molecule has 4 nitrogen and oxygen atoms in total. The maximum Gasteiger partial charge on any atom is 0.265 e. The van der Waals surface area contributed by atoms with E-state index in [1.165, 1.54) is 11.1 Å². The largest absolute Gasteiger partial charge is 0.386 e. The van der Waals surface area contributed by atoms with Crippen LogP contribution in [0.4, 0.5) is 5.69 Å². The first-order valence-corrected chi connectivity index (χ1v) is 8.11. The highest BCUT2D eigenvalue weighted by atomic mass is 16.6. The molecule has 0 aliphatic carbocycles. The van der Waals surface area contributed by atoms with Gasteiger partial charge in [0.2, 0.25) is 0 Å². The summed E-state index contributed by atoms with van der Waals surface area (Å²) in [5, 5.41) is 6.73. The lowest BCUT2D eigenvalue weighted by molar-refractivity contribution is -0.120. The number of nitrogens with zero attached hydrogens (tertiary/aromatic N) is 1. The van der Waals surface area contributed by atoms with E-state index in [0.29, 0.717) is 0 Å². The Bertz CT molecular complexity index is 711. The Morgan fingerprint density at radius 2 is 1.75 bits per heavy atom. The minimum atomic E-state index is -0.219. The summed E-state index contributed by atoms with van der Waals surface area (Å²) in [4.78, 5) is 17.1. The van der Waals surface area contributed by atoms with Crippen LogP contribution in [0.1, 0.15) is 34.7 Å². The van der Waals surface area contributed by atoms with Crippen molar-refractivity contribution in [2.75, 3.05) is 11.9 Å². The zero-order valence-electron chi connectivity index (χ0n) is 14.7. The lowest BCUT2D eigenvalue weighted by Gasteiger charge is -2.12. The zero-order valence-corrected chi connectivity index (χ0v) is 14.7. The van der Waals surface area contributed by atoms with E-state index in [0.717, 1.165) is 28.8 Å². The fraction of sp³-hybridized carbons (Fsp3) is 0.300. The Morgan fingerprint density at radius 1 is 1.12 bits per heavy atom. The van der Waals surface area contributed by atoms with Crippen LogP contribution in [0.15, 0.2) is 41.6 Å². The van der Waals surface area contributed by atoms with Crippen LogP contribution < -0.4 is 5.32 Å². The lowest BCUT2D eigenvalue weighted by atomic mass is 10.1. The van der Waals surface area contributed by atoms with Crippen LogP contribution in [0, 0.1) is 20.8 Å². The molecular weight excluding hydrogens is 300 g/mol. The normalized spacial score (nSPS) is 10.8. The number of amides is 1. The molecule has 0 aliphatic rings. The number of carbonyl (C=O) groups is 1. The van der Waals surface area contributed by atoms with Crippen molar-refractivity contribution in [3.05, 3.63) is 64.2 Å². The van der Waals surface area contributed by atoms with Gasteiger partial charge in [0.05, 0.1) is 6.21 Å². The van der Waals surface area contributed by atoms with Crippen molar-refractivity contribution in [3.8, 4) is 0 Å². The number of aryl methyl sites for hydroxylation is 4. The second-order valence-electron chi connectivity index (χ2n) is 5.92. The molecule has 24 heavy (non-hydrogen) atoms. The van der Waals surface area contributed by atoms with Gasteiger partial charge in [-0.2, -0.15) is 0 Å². The van der Waals surface area contributed by atoms with Crippen LogP contribution in [0.25, 0.3) is 0 Å². The van der Waals surface area contributed by atoms with Gasteiger partial charge in [0, 0.05) is 5.69 Å². The smallest absolute Gasteiger partial charge is 0.265 e. The quantitative estimate of drug-likeness (QED) is 0.640. The first-order valence-electron chi connectivity index (χ1n) is 8.11. The molecule has 0 aliphatic heterocycles. The van der Waals surface area contributed by atoms with Crippen molar-refractivity contribution in [3.63, 3.8) is 0 Å². The number of hydrogen-bond acceptors (Lipinski definition) is 3. The maximum absolute atomic E-state index is 12.0. The molecule has 1 amide bonds. The Morgan fingerprint density at radius 3 is 2.33 bits per heavy atom. The standard InChI is InChI=1S/C20H24N2O2/c1-5-17-6-8-18(9-7-17)12-21-24-13-19(23)22-20-15(3)10-14(2)11-16(20)4/h6-12H,5,13H2,1-4H3,(H,22,23)/b21-12-. The summed E-state index contributed by atoms with van der Waals surface area (Å²) in [5.74, 6) is -0.219. The van der Waals surface area contributed by atoms with Gasteiger partial charge in [-0.3, -0.25) is 4.79 Å². The Labute approximate surface area is 143 Å². The molecule has 0 bridgehead atoms. The molecule has 2 aromatic rings. The molecule has 0 aromatic heterocycles. The van der Waals surface area contributed by atoms with Crippen LogP contribution >= 0.6 is 0 Å². The number of anilines is 1. The summed E-state index contributed by atoms with van der Waals surface area (Å²) in [6, 6.07) is 12.1. The molecule has 0 spiro atoms. The first-order chi connectivity index (χ1) is 11.5. The van der Waals surface area contributed by atoms with E-state index in [1.807, 2.05) is 45.0 Å². The average molecular weight is 324 g/mol. The summed E-state index contributed by atoms with van der Waals surface area (Å²) in [6.45, 7) is 8.00. The van der Waals surface area contributed by atoms with Gasteiger partial charge in [0.15, 0.2) is 6.61 Å². The molecule has 0 saturated carbocycles. The highest BCUT2D eigenvalue weighted by Gasteiger charge is 2.08. The van der Waals surface area contributed by atoms with E-state index >= 15 is 0 Å². The van der Waals surface area contributed by atoms with Crippen molar-refractivity contribution >= 4 is 17.8 Å². The number of oxime groups is 1. The van der Waals surface area contributed by atoms with Gasteiger partial charge in [-0.25, -0.2) is 0 Å². The topological polar surface area (TPSA) is 50.7 Å². The molecule has 0 radical (unpaired) electrons. The Balaban J connectivity index is 1.86. The van der Waals surface area contributed by atoms with E-state index in [2.05, 4.69) is 29.5 Å². The summed E-state index contributed by atoms with van der Waals surface area (Å²) in [5.41, 5.74) is 6.32. The maximum atomic E-state index is 12.0. The van der Waals surface area contributed by atoms with Crippen LogP contribution in [0.2, 0.25) is 0 Å². The monoisotopic (exact) mass is 324 g/mol. The molecule has 0 unspecified atom stereocenters. The minimum absolute atomic E-state index is 0.115. The fourth-order valence-electron chi connectivity index (χ4n) is 2.59. The van der Waals surface area contributed by atoms with Crippen molar-refractivity contribution < 1.29 is 9.63 Å². The lowest BCUT2D eigenvalue weighted by Crippen LogP contribution is -2.18. The van der Waals surface area contributed by atoms with Crippen molar-refractivity contribution in [2.45, 2.75) is 34.1 Å². The molecule has 126 valence electrons. The van der Waals surface area contributed by atoms with Gasteiger partial charge in [-0.05, 0) is 49.4 Å². The molecule has 0 heterocycles. The molecule has 2 rings (SSSR count). The third-order valence-corrected chi connectivity index (χ3v) is 3.80. The number of rotatable bonds is 6. The number of benzene rings is 2. The van der Waals surface area contributed by atoms with Crippen LogP contribution in [0.5, 0.6) is 0 Å². The molecule has 4 heteroatoms. The van der Waals surface area contributed by atoms with Gasteiger partial charge in [-0.1, -0.05) is 54.0 Å². The van der Waals surface area contributed by atoms with Gasteiger partial charge in [0.1, 0.15) is 0 Å². The fourth-order valence-corrected chi connectivity index (χ4v) is 2.59. The third-order valence-electron chi connectivity index (χ3n) is 3.80. The predicted octanol–water partition coefficient (Wildman–Crippen LogP) is 4.16. The molecule has 2 aromatic carbocycles. The van der Waals surface area contributed by atoms with Gasteiger partial charge < -0.3 is 10.2 Å². The number of nitrogens with one attached hydrogen (secondary N) is 1. The van der Waals surface area contributed by atoms with E-state index < -0.39 is 0 Å². The predicted molar refractivity (Wildman–Crippen MR) is 98.6 cm³/mol.